The summed E-state index contributed by atoms with van der Waals surface area (Å²) in [6, 6.07) is 29.7. The van der Waals surface area contributed by atoms with Crippen LogP contribution in [0.15, 0.2) is 108 Å². The number of hydrogen-bond acceptors (Lipinski definition) is 8. The highest BCUT2D eigenvalue weighted by Crippen LogP contribution is 2.39. The SMILES string of the molecule is O=C(NCc1ccc([C@@H]2O[C@H](CSc3ccccc3C(=O)O)C[C@H](c3ccc(CO)cc3)O2)cc1)c1cnc2ccccc2n1. The normalized spacial score (nSPS) is 18.0. The number of nitrogens with one attached hydrogen (secondary N) is 1. The molecule has 0 saturated carbocycles. The molecule has 3 N–H and O–H groups in total. The van der Waals surface area contributed by atoms with Crippen molar-refractivity contribution >= 4 is 34.7 Å². The minimum absolute atomic E-state index is 0.0394. The van der Waals surface area contributed by atoms with Crippen molar-refractivity contribution in [2.45, 2.75) is 43.0 Å². The van der Waals surface area contributed by atoms with Crippen molar-refractivity contribution in [2.75, 3.05) is 5.75 Å². The number of aromatic carboxylic acids is 1. The highest BCUT2D eigenvalue weighted by molar-refractivity contribution is 7.99. The summed E-state index contributed by atoms with van der Waals surface area (Å²) in [4.78, 5) is 33.9. The van der Waals surface area contributed by atoms with E-state index >= 15 is 0 Å². The zero-order chi connectivity index (χ0) is 31.2. The highest BCUT2D eigenvalue weighted by Gasteiger charge is 2.32. The van der Waals surface area contributed by atoms with E-state index in [2.05, 4.69) is 15.3 Å². The third-order valence-electron chi connectivity index (χ3n) is 7.54. The van der Waals surface area contributed by atoms with Crippen LogP contribution in [0, 0.1) is 0 Å². The average molecular weight is 622 g/mol. The topological polar surface area (TPSA) is 131 Å². The first-order valence-corrected chi connectivity index (χ1v) is 15.5. The summed E-state index contributed by atoms with van der Waals surface area (Å²) in [5, 5.41) is 22.0. The summed E-state index contributed by atoms with van der Waals surface area (Å²) < 4.78 is 12.8. The van der Waals surface area contributed by atoms with Gasteiger partial charge < -0.3 is 25.0 Å². The van der Waals surface area contributed by atoms with E-state index in [0.29, 0.717) is 29.1 Å². The lowest BCUT2D eigenvalue weighted by atomic mass is 10.0. The van der Waals surface area contributed by atoms with E-state index < -0.39 is 12.3 Å². The van der Waals surface area contributed by atoms with E-state index in [4.69, 9.17) is 9.47 Å². The number of para-hydroxylation sites is 2. The molecular weight excluding hydrogens is 590 g/mol. The second kappa shape index (κ2) is 14.0. The standard InChI is InChI=1S/C35H31N3O6S/c39-20-23-11-13-24(14-12-23)31-17-26(21-45-32-8-4-1-5-27(32)34(41)42)43-35(44-31)25-15-9-22(10-16-25)18-37-33(40)30-19-36-28-6-2-3-7-29(28)38-30/h1-16,19,26,31,35,39H,17-18,20-21H2,(H,37,40)(H,41,42)/t26-,31+,35+/m0/s1. The van der Waals surface area contributed by atoms with Crippen LogP contribution in [0.2, 0.25) is 0 Å². The minimum Gasteiger partial charge on any atom is -0.478 e. The third-order valence-corrected chi connectivity index (χ3v) is 8.75. The zero-order valence-corrected chi connectivity index (χ0v) is 25.0. The minimum atomic E-state index is -0.966. The fourth-order valence-electron chi connectivity index (χ4n) is 5.11. The van der Waals surface area contributed by atoms with Gasteiger partial charge in [-0.3, -0.25) is 9.78 Å². The Hall–Kier alpha value is -4.61. The summed E-state index contributed by atoms with van der Waals surface area (Å²) in [6.07, 6.45) is 0.914. The molecule has 1 aliphatic heterocycles. The van der Waals surface area contributed by atoms with Crippen LogP contribution in [0.1, 0.15) is 61.9 Å². The van der Waals surface area contributed by atoms with E-state index in [1.165, 1.54) is 18.0 Å². The summed E-state index contributed by atoms with van der Waals surface area (Å²) in [6.45, 7) is 0.268. The fourth-order valence-corrected chi connectivity index (χ4v) is 6.17. The molecular formula is C35H31N3O6S. The monoisotopic (exact) mass is 621 g/mol. The Balaban J connectivity index is 1.14. The predicted octanol–water partition coefficient (Wildman–Crippen LogP) is 6.09. The van der Waals surface area contributed by atoms with Crippen LogP contribution >= 0.6 is 11.8 Å². The molecule has 6 rings (SSSR count). The molecule has 0 radical (unpaired) electrons. The van der Waals surface area contributed by atoms with Crippen LogP contribution in [0.25, 0.3) is 11.0 Å². The van der Waals surface area contributed by atoms with Crippen LogP contribution in [-0.4, -0.2) is 43.9 Å². The van der Waals surface area contributed by atoms with Crippen molar-refractivity contribution < 1.29 is 29.3 Å². The molecule has 0 unspecified atom stereocenters. The number of aromatic nitrogens is 2. The number of fused-ring (bicyclic) bond motifs is 1. The molecule has 5 aromatic rings. The number of aliphatic hydroxyl groups excluding tert-OH is 1. The lowest BCUT2D eigenvalue weighted by Crippen LogP contribution is -2.31. The lowest BCUT2D eigenvalue weighted by molar-refractivity contribution is -0.245. The number of aliphatic hydroxyl groups is 1. The van der Waals surface area contributed by atoms with Gasteiger partial charge in [0.15, 0.2) is 6.29 Å². The van der Waals surface area contributed by atoms with Gasteiger partial charge in [0.25, 0.3) is 5.91 Å². The van der Waals surface area contributed by atoms with Crippen molar-refractivity contribution in [2.24, 2.45) is 0 Å². The van der Waals surface area contributed by atoms with Crippen LogP contribution in [0.4, 0.5) is 0 Å². The Morgan fingerprint density at radius 1 is 0.844 bits per heavy atom. The predicted molar refractivity (Wildman–Crippen MR) is 170 cm³/mol. The number of carbonyl (C=O) groups is 2. The molecule has 228 valence electrons. The smallest absolute Gasteiger partial charge is 0.336 e. The molecule has 0 spiro atoms. The number of rotatable bonds is 10. The van der Waals surface area contributed by atoms with Gasteiger partial charge in [-0.1, -0.05) is 72.8 Å². The highest BCUT2D eigenvalue weighted by atomic mass is 32.2. The number of carboxylic acids is 1. The maximum atomic E-state index is 12.7. The van der Waals surface area contributed by atoms with Crippen molar-refractivity contribution in [3.05, 3.63) is 137 Å². The molecule has 10 heteroatoms. The zero-order valence-electron chi connectivity index (χ0n) is 24.2. The Bertz CT molecular complexity index is 1800. The molecule has 1 amide bonds. The Labute approximate surface area is 264 Å². The molecule has 3 atom stereocenters. The number of thioether (sulfide) groups is 1. The van der Waals surface area contributed by atoms with Crippen molar-refractivity contribution in [3.8, 4) is 0 Å². The van der Waals surface area contributed by atoms with Crippen LogP contribution in [0.5, 0.6) is 0 Å². The summed E-state index contributed by atoms with van der Waals surface area (Å²) in [5.41, 5.74) is 5.40. The van der Waals surface area contributed by atoms with Crippen LogP contribution in [0.3, 0.4) is 0 Å². The maximum Gasteiger partial charge on any atom is 0.336 e. The average Bonchev–Trinajstić information content (AvgIpc) is 3.09. The van der Waals surface area contributed by atoms with Gasteiger partial charge in [0, 0.05) is 29.2 Å². The number of hydrogen-bond donors (Lipinski definition) is 3. The van der Waals surface area contributed by atoms with Gasteiger partial charge >= 0.3 is 5.97 Å². The van der Waals surface area contributed by atoms with Gasteiger partial charge in [0.05, 0.1) is 41.6 Å². The van der Waals surface area contributed by atoms with Crippen molar-refractivity contribution in [1.29, 1.82) is 0 Å². The summed E-state index contributed by atoms with van der Waals surface area (Å²) >= 11 is 1.45. The van der Waals surface area contributed by atoms with E-state index in [1.54, 1.807) is 18.2 Å². The Kier molecular flexibility index (Phi) is 9.46. The Morgan fingerprint density at radius 3 is 2.29 bits per heavy atom. The quantitative estimate of drug-likeness (QED) is 0.159. The fraction of sp³-hybridized carbons (Fsp3) is 0.200. The third kappa shape index (κ3) is 7.38. The number of nitrogens with zero attached hydrogens (tertiary/aromatic N) is 2. The number of carbonyl (C=O) groups excluding carboxylic acids is 1. The van der Waals surface area contributed by atoms with Crippen LogP contribution in [-0.2, 0) is 22.6 Å². The molecule has 1 aliphatic rings. The molecule has 4 aromatic carbocycles. The summed E-state index contributed by atoms with van der Waals surface area (Å²) in [5.74, 6) is -0.736. The first-order chi connectivity index (χ1) is 22.0. The number of ether oxygens (including phenoxy) is 2. The first-order valence-electron chi connectivity index (χ1n) is 14.5. The lowest BCUT2D eigenvalue weighted by Gasteiger charge is -2.36. The van der Waals surface area contributed by atoms with E-state index in [-0.39, 0.29) is 36.0 Å². The summed E-state index contributed by atoms with van der Waals surface area (Å²) in [7, 11) is 0. The van der Waals surface area contributed by atoms with E-state index in [1.807, 2.05) is 78.9 Å². The van der Waals surface area contributed by atoms with Gasteiger partial charge in [-0.2, -0.15) is 0 Å². The van der Waals surface area contributed by atoms with Gasteiger partial charge in [0.1, 0.15) is 5.69 Å². The van der Waals surface area contributed by atoms with E-state index in [9.17, 15) is 19.8 Å². The van der Waals surface area contributed by atoms with Crippen molar-refractivity contribution in [1.82, 2.24) is 15.3 Å². The number of carboxylic acid groups (broad SMARTS) is 1. The molecule has 45 heavy (non-hydrogen) atoms. The number of amides is 1. The maximum absolute atomic E-state index is 12.7. The van der Waals surface area contributed by atoms with Gasteiger partial charge in [0.2, 0.25) is 0 Å². The van der Waals surface area contributed by atoms with E-state index in [0.717, 1.165) is 27.8 Å². The van der Waals surface area contributed by atoms with Gasteiger partial charge in [-0.25, -0.2) is 9.78 Å². The van der Waals surface area contributed by atoms with Gasteiger partial charge in [-0.15, -0.1) is 11.8 Å². The molecule has 1 saturated heterocycles. The number of benzene rings is 4. The molecule has 1 aromatic heterocycles. The van der Waals surface area contributed by atoms with Crippen LogP contribution < -0.4 is 5.32 Å². The molecule has 0 bridgehead atoms. The largest absolute Gasteiger partial charge is 0.478 e. The van der Waals surface area contributed by atoms with Gasteiger partial charge in [-0.05, 0) is 41.0 Å². The second-order valence-electron chi connectivity index (χ2n) is 10.6. The molecule has 2 heterocycles. The molecule has 1 fully saturated rings. The Morgan fingerprint density at radius 2 is 1.53 bits per heavy atom. The first kappa shape index (κ1) is 30.4. The second-order valence-corrected chi connectivity index (χ2v) is 11.7. The van der Waals surface area contributed by atoms with Crippen molar-refractivity contribution in [3.63, 3.8) is 0 Å². The molecule has 0 aliphatic carbocycles. The molecule has 9 nitrogen and oxygen atoms in total.